The zero-order valence-corrected chi connectivity index (χ0v) is 12.1. The van der Waals surface area contributed by atoms with Gasteiger partial charge in [-0.3, -0.25) is 0 Å². The Morgan fingerprint density at radius 1 is 1.37 bits per heavy atom. The van der Waals surface area contributed by atoms with Crippen LogP contribution in [0.3, 0.4) is 0 Å². The van der Waals surface area contributed by atoms with E-state index in [0.717, 1.165) is 5.69 Å². The Balaban J connectivity index is 2.02. The lowest BCUT2D eigenvalue weighted by Crippen LogP contribution is -2.27. The van der Waals surface area contributed by atoms with Gasteiger partial charge in [-0.1, -0.05) is 31.5 Å². The number of halogens is 1. The predicted octanol–water partition coefficient (Wildman–Crippen LogP) is 3.84. The molecule has 1 aliphatic carbocycles. The van der Waals surface area contributed by atoms with Crippen LogP contribution < -0.4 is 11.1 Å². The maximum atomic E-state index is 13.8. The van der Waals surface area contributed by atoms with E-state index in [1.54, 1.807) is 6.07 Å². The third kappa shape index (κ3) is 3.66. The van der Waals surface area contributed by atoms with Crippen LogP contribution in [0.15, 0.2) is 18.2 Å². The molecule has 1 aromatic carbocycles. The van der Waals surface area contributed by atoms with Crippen molar-refractivity contribution in [1.29, 1.82) is 0 Å². The molecule has 0 amide bonds. The van der Waals surface area contributed by atoms with Gasteiger partial charge < -0.3 is 11.1 Å². The van der Waals surface area contributed by atoms with Gasteiger partial charge in [0.1, 0.15) is 10.8 Å². The Morgan fingerprint density at radius 3 is 2.63 bits per heavy atom. The molecular formula is C15H21FN2S. The van der Waals surface area contributed by atoms with Gasteiger partial charge in [-0.2, -0.15) is 0 Å². The van der Waals surface area contributed by atoms with Crippen LogP contribution in [-0.2, 0) is 0 Å². The molecule has 1 aliphatic rings. The summed E-state index contributed by atoms with van der Waals surface area (Å²) in [5.74, 6) is 0.334. The summed E-state index contributed by atoms with van der Waals surface area (Å²) < 4.78 is 13.8. The molecule has 0 heterocycles. The highest BCUT2D eigenvalue weighted by Gasteiger charge is 2.20. The fraction of sp³-hybridized carbons (Fsp3) is 0.533. The fourth-order valence-electron chi connectivity index (χ4n) is 2.82. The SMILES string of the molecule is CC(Nc1ccc(C(N)=S)c(F)c1)C1CCCCC1. The number of benzene rings is 1. The van der Waals surface area contributed by atoms with Gasteiger partial charge in [0.2, 0.25) is 0 Å². The van der Waals surface area contributed by atoms with Crippen molar-refractivity contribution in [2.45, 2.75) is 45.1 Å². The standard InChI is InChI=1S/C15H21FN2S/c1-10(11-5-3-2-4-6-11)18-12-7-8-13(15(17)19)14(16)9-12/h7-11,18H,2-6H2,1H3,(H2,17,19). The van der Waals surface area contributed by atoms with E-state index >= 15 is 0 Å². The summed E-state index contributed by atoms with van der Waals surface area (Å²) in [6.45, 7) is 2.18. The average molecular weight is 280 g/mol. The van der Waals surface area contributed by atoms with Gasteiger partial charge in [-0.25, -0.2) is 4.39 Å². The molecule has 104 valence electrons. The molecule has 0 aromatic heterocycles. The van der Waals surface area contributed by atoms with Crippen LogP contribution in [-0.4, -0.2) is 11.0 Å². The predicted molar refractivity (Wildman–Crippen MR) is 81.9 cm³/mol. The van der Waals surface area contributed by atoms with Gasteiger partial charge >= 0.3 is 0 Å². The summed E-state index contributed by atoms with van der Waals surface area (Å²) in [5.41, 5.74) is 6.57. The van der Waals surface area contributed by atoms with Crippen LogP contribution in [0.2, 0.25) is 0 Å². The molecule has 0 spiro atoms. The maximum absolute atomic E-state index is 13.8. The normalized spacial score (nSPS) is 18.0. The molecule has 0 radical (unpaired) electrons. The minimum absolute atomic E-state index is 0.101. The Kier molecular flexibility index (Phi) is 4.75. The summed E-state index contributed by atoms with van der Waals surface area (Å²) in [7, 11) is 0. The first-order valence-electron chi connectivity index (χ1n) is 6.94. The van der Waals surface area contributed by atoms with Crippen LogP contribution in [0.4, 0.5) is 10.1 Å². The van der Waals surface area contributed by atoms with Crippen molar-refractivity contribution in [3.63, 3.8) is 0 Å². The second-order valence-corrected chi connectivity index (χ2v) is 5.83. The summed E-state index contributed by atoms with van der Waals surface area (Å²) in [4.78, 5) is 0.101. The van der Waals surface area contributed by atoms with Crippen LogP contribution >= 0.6 is 12.2 Å². The topological polar surface area (TPSA) is 38.0 Å². The highest BCUT2D eigenvalue weighted by atomic mass is 32.1. The van der Waals surface area contributed by atoms with Gasteiger partial charge in [-0.05, 0) is 43.9 Å². The number of hydrogen-bond donors (Lipinski definition) is 2. The van der Waals surface area contributed by atoms with Crippen molar-refractivity contribution in [3.05, 3.63) is 29.6 Å². The van der Waals surface area contributed by atoms with Crippen LogP contribution in [0.1, 0.15) is 44.6 Å². The second-order valence-electron chi connectivity index (χ2n) is 5.39. The molecule has 4 heteroatoms. The molecule has 2 rings (SSSR count). The van der Waals surface area contributed by atoms with E-state index in [1.165, 1.54) is 38.2 Å². The smallest absolute Gasteiger partial charge is 0.135 e. The summed E-state index contributed by atoms with van der Waals surface area (Å²) in [6.07, 6.45) is 6.50. The first kappa shape index (κ1) is 14.3. The quantitative estimate of drug-likeness (QED) is 0.823. The molecule has 19 heavy (non-hydrogen) atoms. The number of nitrogens with one attached hydrogen (secondary N) is 1. The number of anilines is 1. The zero-order chi connectivity index (χ0) is 13.8. The number of hydrogen-bond acceptors (Lipinski definition) is 2. The van der Waals surface area contributed by atoms with Gasteiger partial charge in [0.25, 0.3) is 0 Å². The molecule has 3 N–H and O–H groups in total. The van der Waals surface area contributed by atoms with Crippen LogP contribution in [0.25, 0.3) is 0 Å². The molecule has 1 saturated carbocycles. The summed E-state index contributed by atoms with van der Waals surface area (Å²) >= 11 is 4.80. The average Bonchev–Trinajstić information content (AvgIpc) is 2.39. The Morgan fingerprint density at radius 2 is 2.05 bits per heavy atom. The van der Waals surface area contributed by atoms with Gasteiger partial charge in [0.15, 0.2) is 0 Å². The monoisotopic (exact) mass is 280 g/mol. The fourth-order valence-corrected chi connectivity index (χ4v) is 2.99. The highest BCUT2D eigenvalue weighted by Crippen LogP contribution is 2.28. The Hall–Kier alpha value is -1.16. The lowest BCUT2D eigenvalue weighted by Gasteiger charge is -2.29. The van der Waals surface area contributed by atoms with Gasteiger partial charge in [-0.15, -0.1) is 0 Å². The zero-order valence-electron chi connectivity index (χ0n) is 11.3. The molecule has 1 aromatic rings. The van der Waals surface area contributed by atoms with Crippen molar-refractivity contribution >= 4 is 22.9 Å². The number of thiocarbonyl (C=S) groups is 1. The first-order valence-corrected chi connectivity index (χ1v) is 7.34. The Bertz CT molecular complexity index is 455. The number of nitrogens with two attached hydrogens (primary N) is 1. The van der Waals surface area contributed by atoms with E-state index in [-0.39, 0.29) is 10.8 Å². The molecule has 1 atom stereocenters. The maximum Gasteiger partial charge on any atom is 0.135 e. The van der Waals surface area contributed by atoms with Crippen molar-refractivity contribution in [1.82, 2.24) is 0 Å². The van der Waals surface area contributed by atoms with E-state index in [0.29, 0.717) is 17.5 Å². The lowest BCUT2D eigenvalue weighted by atomic mass is 9.84. The molecule has 0 bridgehead atoms. The van der Waals surface area contributed by atoms with E-state index in [9.17, 15) is 4.39 Å². The molecule has 0 aliphatic heterocycles. The number of rotatable bonds is 4. The molecule has 0 saturated heterocycles. The molecule has 2 nitrogen and oxygen atoms in total. The third-order valence-electron chi connectivity index (χ3n) is 3.99. The Labute approximate surface area is 119 Å². The van der Waals surface area contributed by atoms with Gasteiger partial charge in [0.05, 0.1) is 0 Å². The summed E-state index contributed by atoms with van der Waals surface area (Å²) in [6, 6.07) is 5.34. The van der Waals surface area contributed by atoms with E-state index in [4.69, 9.17) is 18.0 Å². The van der Waals surface area contributed by atoms with E-state index in [1.807, 2.05) is 6.07 Å². The van der Waals surface area contributed by atoms with E-state index < -0.39 is 0 Å². The minimum atomic E-state index is -0.353. The van der Waals surface area contributed by atoms with Crippen LogP contribution in [0.5, 0.6) is 0 Å². The molecular weight excluding hydrogens is 259 g/mol. The minimum Gasteiger partial charge on any atom is -0.389 e. The van der Waals surface area contributed by atoms with Crippen LogP contribution in [0, 0.1) is 11.7 Å². The third-order valence-corrected chi connectivity index (χ3v) is 4.21. The second kappa shape index (κ2) is 6.33. The van der Waals surface area contributed by atoms with Gasteiger partial charge in [0, 0.05) is 17.3 Å². The summed E-state index contributed by atoms with van der Waals surface area (Å²) in [5, 5.41) is 3.39. The molecule has 1 unspecified atom stereocenters. The highest BCUT2D eigenvalue weighted by molar-refractivity contribution is 7.80. The largest absolute Gasteiger partial charge is 0.389 e. The first-order chi connectivity index (χ1) is 9.08. The van der Waals surface area contributed by atoms with Crippen molar-refractivity contribution in [2.75, 3.05) is 5.32 Å². The van der Waals surface area contributed by atoms with Crippen molar-refractivity contribution < 1.29 is 4.39 Å². The lowest BCUT2D eigenvalue weighted by molar-refractivity contribution is 0.328. The van der Waals surface area contributed by atoms with Crippen molar-refractivity contribution in [2.24, 2.45) is 11.7 Å². The van der Waals surface area contributed by atoms with Crippen molar-refractivity contribution in [3.8, 4) is 0 Å². The molecule has 1 fully saturated rings. The van der Waals surface area contributed by atoms with E-state index in [2.05, 4.69) is 12.2 Å².